The highest BCUT2D eigenvalue weighted by Crippen LogP contribution is 2.45. The number of H-pyrrole nitrogens is 1. The predicted molar refractivity (Wildman–Crippen MR) is 110 cm³/mol. The van der Waals surface area contributed by atoms with Crippen LogP contribution in [-0.2, 0) is 28.0 Å². The highest BCUT2D eigenvalue weighted by Gasteiger charge is 2.42. The van der Waals surface area contributed by atoms with E-state index in [2.05, 4.69) is 26.3 Å². The first kappa shape index (κ1) is 19.2. The minimum absolute atomic E-state index is 0.0201. The van der Waals surface area contributed by atoms with E-state index in [0.717, 1.165) is 75.5 Å². The zero-order valence-corrected chi connectivity index (χ0v) is 17.4. The van der Waals surface area contributed by atoms with E-state index in [0.29, 0.717) is 6.54 Å². The van der Waals surface area contributed by atoms with Gasteiger partial charge in [0.2, 0.25) is 0 Å². The van der Waals surface area contributed by atoms with Gasteiger partial charge >= 0.3 is 0 Å². The van der Waals surface area contributed by atoms with E-state index in [1.807, 2.05) is 6.20 Å². The molecule has 0 saturated carbocycles. The van der Waals surface area contributed by atoms with Gasteiger partial charge in [0.15, 0.2) is 0 Å². The Hall–Kier alpha value is -1.74. The quantitative estimate of drug-likeness (QED) is 0.783. The lowest BCUT2D eigenvalue weighted by atomic mass is 9.85. The lowest BCUT2D eigenvalue weighted by Crippen LogP contribution is -2.45. The summed E-state index contributed by atoms with van der Waals surface area (Å²) in [7, 11) is 0. The molecule has 5 rings (SSSR count). The second kappa shape index (κ2) is 8.18. The fraction of sp³-hybridized carbons (Fsp3) is 0.619. The normalized spacial score (nSPS) is 23.9. The number of carbonyl (C=O) groups is 1. The molecule has 3 aliphatic heterocycles. The molecule has 0 bridgehead atoms. The monoisotopic (exact) mass is 416 g/mol. The summed E-state index contributed by atoms with van der Waals surface area (Å²) >= 11 is 1.63. The number of nitrogens with zero attached hydrogens (tertiary/aromatic N) is 2. The lowest BCUT2D eigenvalue weighted by molar-refractivity contribution is -0.0961. The number of amides is 1. The molecule has 1 amide bonds. The van der Waals surface area contributed by atoms with Crippen LogP contribution in [0, 0.1) is 0 Å². The van der Waals surface area contributed by atoms with E-state index < -0.39 is 0 Å². The van der Waals surface area contributed by atoms with Crippen LogP contribution in [0.1, 0.15) is 51.5 Å². The standard InChI is InChI=1S/C21H28N4O3S/c26-20(23-12-17-2-1-8-27-17)18-10-15-3-9-28-21(19(15)29-18)4-6-25(7-5-21)13-16-11-22-14-24-16/h10-11,14,17H,1-9,12-13H2,(H,22,24)(H,23,26). The van der Waals surface area contributed by atoms with Crippen LogP contribution in [0.25, 0.3) is 0 Å². The third-order valence-electron chi connectivity index (χ3n) is 6.32. The zero-order chi connectivity index (χ0) is 19.7. The molecule has 0 radical (unpaired) electrons. The lowest BCUT2D eigenvalue weighted by Gasteiger charge is -2.43. The number of thiophene rings is 1. The topological polar surface area (TPSA) is 79.5 Å². The van der Waals surface area contributed by atoms with Gasteiger partial charge in [-0.05, 0) is 43.7 Å². The average Bonchev–Trinajstić information content (AvgIpc) is 3.50. The second-order valence-corrected chi connectivity index (χ2v) is 9.31. The van der Waals surface area contributed by atoms with E-state index >= 15 is 0 Å². The molecule has 5 heterocycles. The van der Waals surface area contributed by atoms with Crippen LogP contribution in [0.4, 0.5) is 0 Å². The number of aromatic amines is 1. The van der Waals surface area contributed by atoms with Crippen molar-refractivity contribution in [1.29, 1.82) is 0 Å². The van der Waals surface area contributed by atoms with Crippen molar-refractivity contribution in [3.8, 4) is 0 Å². The first-order valence-corrected chi connectivity index (χ1v) is 11.4. The van der Waals surface area contributed by atoms with Gasteiger partial charge in [0, 0.05) is 49.6 Å². The van der Waals surface area contributed by atoms with Crippen molar-refractivity contribution in [2.45, 2.75) is 50.4 Å². The molecule has 2 aromatic heterocycles. The Morgan fingerprint density at radius 3 is 3.03 bits per heavy atom. The Bertz CT molecular complexity index is 836. The maximum atomic E-state index is 12.7. The fourth-order valence-corrected chi connectivity index (χ4v) is 6.02. The van der Waals surface area contributed by atoms with Crippen LogP contribution in [0.2, 0.25) is 0 Å². The summed E-state index contributed by atoms with van der Waals surface area (Å²) in [6.45, 7) is 5.01. The van der Waals surface area contributed by atoms with E-state index in [9.17, 15) is 4.79 Å². The van der Waals surface area contributed by atoms with Crippen LogP contribution in [0.15, 0.2) is 18.6 Å². The van der Waals surface area contributed by atoms with Crippen molar-refractivity contribution in [2.24, 2.45) is 0 Å². The summed E-state index contributed by atoms with van der Waals surface area (Å²) in [5, 5.41) is 3.06. The maximum absolute atomic E-state index is 12.7. The summed E-state index contributed by atoms with van der Waals surface area (Å²) in [6.07, 6.45) is 8.73. The molecule has 156 valence electrons. The molecule has 0 aromatic carbocycles. The summed E-state index contributed by atoms with van der Waals surface area (Å²) in [6, 6.07) is 2.09. The molecule has 1 spiro atoms. The van der Waals surface area contributed by atoms with Crippen molar-refractivity contribution >= 4 is 17.2 Å². The predicted octanol–water partition coefficient (Wildman–Crippen LogP) is 2.44. The highest BCUT2D eigenvalue weighted by molar-refractivity contribution is 7.14. The first-order chi connectivity index (χ1) is 14.2. The van der Waals surface area contributed by atoms with E-state index in [4.69, 9.17) is 9.47 Å². The van der Waals surface area contributed by atoms with E-state index in [1.165, 1.54) is 10.4 Å². The highest BCUT2D eigenvalue weighted by atomic mass is 32.1. The first-order valence-electron chi connectivity index (χ1n) is 10.6. The Morgan fingerprint density at radius 1 is 1.38 bits per heavy atom. The SMILES string of the molecule is O=C(NCC1CCCO1)c1cc2c(s1)C1(CCN(Cc3cnc[nH]3)CC1)OCC2. The van der Waals surface area contributed by atoms with Gasteiger partial charge in [-0.3, -0.25) is 9.69 Å². The number of rotatable bonds is 5. The molecule has 0 aliphatic carbocycles. The van der Waals surface area contributed by atoms with Gasteiger partial charge in [-0.15, -0.1) is 11.3 Å². The number of imidazole rings is 1. The van der Waals surface area contributed by atoms with Gasteiger partial charge in [-0.25, -0.2) is 4.98 Å². The smallest absolute Gasteiger partial charge is 0.261 e. The zero-order valence-electron chi connectivity index (χ0n) is 16.6. The van der Waals surface area contributed by atoms with Crippen LogP contribution >= 0.6 is 11.3 Å². The van der Waals surface area contributed by atoms with Gasteiger partial charge in [-0.1, -0.05) is 0 Å². The fourth-order valence-electron chi connectivity index (χ4n) is 4.69. The molecule has 3 aliphatic rings. The molecule has 1 unspecified atom stereocenters. The number of piperidine rings is 1. The molecule has 2 N–H and O–H groups in total. The van der Waals surface area contributed by atoms with Crippen LogP contribution in [0.3, 0.4) is 0 Å². The number of ether oxygens (including phenoxy) is 2. The third-order valence-corrected chi connectivity index (χ3v) is 7.68. The number of nitrogens with one attached hydrogen (secondary N) is 2. The van der Waals surface area contributed by atoms with Crippen molar-refractivity contribution < 1.29 is 14.3 Å². The Balaban J connectivity index is 1.25. The number of likely N-dealkylation sites (tertiary alicyclic amines) is 1. The van der Waals surface area contributed by atoms with Crippen molar-refractivity contribution in [2.75, 3.05) is 32.8 Å². The van der Waals surface area contributed by atoms with E-state index in [-0.39, 0.29) is 17.6 Å². The van der Waals surface area contributed by atoms with Crippen molar-refractivity contribution in [1.82, 2.24) is 20.2 Å². The molecule has 2 fully saturated rings. The van der Waals surface area contributed by atoms with Gasteiger partial charge < -0.3 is 19.8 Å². The molecule has 29 heavy (non-hydrogen) atoms. The average molecular weight is 417 g/mol. The minimum atomic E-state index is -0.226. The molecule has 2 aromatic rings. The Kier molecular flexibility index (Phi) is 5.43. The third kappa shape index (κ3) is 3.99. The van der Waals surface area contributed by atoms with Gasteiger partial charge in [0.25, 0.3) is 5.91 Å². The van der Waals surface area contributed by atoms with Crippen LogP contribution in [-0.4, -0.2) is 59.7 Å². The maximum Gasteiger partial charge on any atom is 0.261 e. The largest absolute Gasteiger partial charge is 0.376 e. The van der Waals surface area contributed by atoms with Gasteiger partial charge in [0.1, 0.15) is 5.60 Å². The number of fused-ring (bicyclic) bond motifs is 2. The van der Waals surface area contributed by atoms with Crippen LogP contribution in [0.5, 0.6) is 0 Å². The van der Waals surface area contributed by atoms with E-state index in [1.54, 1.807) is 17.7 Å². The summed E-state index contributed by atoms with van der Waals surface area (Å²) < 4.78 is 12.0. The molecule has 1 atom stereocenters. The van der Waals surface area contributed by atoms with Gasteiger partial charge in [0.05, 0.1) is 23.9 Å². The second-order valence-electron chi connectivity index (χ2n) is 8.26. The minimum Gasteiger partial charge on any atom is -0.376 e. The van der Waals surface area contributed by atoms with Crippen molar-refractivity contribution in [3.05, 3.63) is 39.6 Å². The molecule has 2 saturated heterocycles. The Labute approximate surface area is 174 Å². The van der Waals surface area contributed by atoms with Crippen LogP contribution < -0.4 is 5.32 Å². The summed E-state index contributed by atoms with van der Waals surface area (Å²) in [4.78, 5) is 24.5. The number of hydrogen-bond donors (Lipinski definition) is 2. The number of hydrogen-bond acceptors (Lipinski definition) is 6. The molecular formula is C21H28N4O3S. The number of aromatic nitrogens is 2. The summed E-state index contributed by atoms with van der Waals surface area (Å²) in [5.41, 5.74) is 2.22. The molecule has 8 heteroatoms. The Morgan fingerprint density at radius 2 is 2.28 bits per heavy atom. The molecular weight excluding hydrogens is 388 g/mol. The molecule has 7 nitrogen and oxygen atoms in total. The summed E-state index contributed by atoms with van der Waals surface area (Å²) in [5.74, 6) is 0.0201. The van der Waals surface area contributed by atoms with Crippen molar-refractivity contribution in [3.63, 3.8) is 0 Å². The number of carbonyl (C=O) groups excluding carboxylic acids is 1. The van der Waals surface area contributed by atoms with Gasteiger partial charge in [-0.2, -0.15) is 0 Å².